The van der Waals surface area contributed by atoms with Gasteiger partial charge < -0.3 is 47.9 Å². The molecule has 6 rings (SSSR count). The summed E-state index contributed by atoms with van der Waals surface area (Å²) in [5.41, 5.74) is 1.76. The fraction of sp³-hybridized carbons (Fsp3) is 0.424. The fourth-order valence-electron chi connectivity index (χ4n) is 8.08. The average Bonchev–Trinajstić information content (AvgIpc) is 3.34. The number of carbonyl (C=O) groups is 4. The Balaban J connectivity index is 1.33. The standard InChI is InChI=1S/C59H71NO13/c1-57(2,3)72-54(63)46(60-56(64)73-58(4,5)6)33-34-49(61)71-55-53(70-50(62)35-59(7,8)45-31-21-22-32-47(45)66-37-42-25-15-10-16-26-42)52(68-39-44-29-19-12-20-30-44)51(67-38-43-27-17-11-18-28-43)48(69-55)40-65-36-41-23-13-9-14-24-41/h9-32,46,48,51-53,55H,33-40H2,1-8H3,(H,60,64)/t46-,48+,51+,52-,53+,55-/m0/s1. The van der Waals surface area contributed by atoms with Crippen LogP contribution in [-0.4, -0.2) is 78.6 Å². The molecule has 6 atom stereocenters. The first-order valence-corrected chi connectivity index (χ1v) is 24.8. The second-order valence-corrected chi connectivity index (χ2v) is 20.6. The number of carbonyl (C=O) groups excluding carboxylic acids is 4. The van der Waals surface area contributed by atoms with Crippen molar-refractivity contribution in [3.63, 3.8) is 0 Å². The topological polar surface area (TPSA) is 163 Å². The third-order valence-corrected chi connectivity index (χ3v) is 11.5. The number of alkyl carbamates (subject to hydrolysis) is 1. The van der Waals surface area contributed by atoms with Crippen LogP contribution in [0.15, 0.2) is 146 Å². The van der Waals surface area contributed by atoms with Crippen molar-refractivity contribution in [2.24, 2.45) is 0 Å². The smallest absolute Gasteiger partial charge is 0.408 e. The molecule has 0 radical (unpaired) electrons. The van der Waals surface area contributed by atoms with Crippen LogP contribution in [0.1, 0.15) is 102 Å². The van der Waals surface area contributed by atoms with E-state index in [1.807, 2.05) is 159 Å². The number of amides is 1. The summed E-state index contributed by atoms with van der Waals surface area (Å²) in [5.74, 6) is -1.63. The first-order chi connectivity index (χ1) is 34.8. The van der Waals surface area contributed by atoms with Crippen molar-refractivity contribution < 1.29 is 61.8 Å². The number of benzene rings is 5. The van der Waals surface area contributed by atoms with E-state index >= 15 is 0 Å². The fourth-order valence-corrected chi connectivity index (χ4v) is 8.08. The van der Waals surface area contributed by atoms with E-state index in [2.05, 4.69) is 5.32 Å². The number of hydrogen-bond acceptors (Lipinski definition) is 13. The van der Waals surface area contributed by atoms with Gasteiger partial charge in [-0.15, -0.1) is 0 Å². The van der Waals surface area contributed by atoms with E-state index in [1.165, 1.54) is 0 Å². The van der Waals surface area contributed by atoms with Crippen LogP contribution in [-0.2, 0) is 84.1 Å². The molecule has 1 N–H and O–H groups in total. The highest BCUT2D eigenvalue weighted by atomic mass is 16.7. The van der Waals surface area contributed by atoms with Gasteiger partial charge in [0.05, 0.1) is 32.8 Å². The molecule has 1 aliphatic heterocycles. The van der Waals surface area contributed by atoms with Gasteiger partial charge in [-0.05, 0) is 76.3 Å². The van der Waals surface area contributed by atoms with Crippen molar-refractivity contribution in [3.05, 3.63) is 173 Å². The van der Waals surface area contributed by atoms with Gasteiger partial charge in [0.2, 0.25) is 6.29 Å². The number of esters is 3. The third-order valence-electron chi connectivity index (χ3n) is 11.5. The van der Waals surface area contributed by atoms with Crippen LogP contribution < -0.4 is 10.1 Å². The number of hydrogen-bond donors (Lipinski definition) is 1. The molecule has 14 heteroatoms. The molecule has 0 bridgehead atoms. The summed E-state index contributed by atoms with van der Waals surface area (Å²) in [6.45, 7) is 14.7. The van der Waals surface area contributed by atoms with Gasteiger partial charge in [-0.25, -0.2) is 9.59 Å². The largest absolute Gasteiger partial charge is 0.489 e. The van der Waals surface area contributed by atoms with Crippen molar-refractivity contribution >= 4 is 24.0 Å². The van der Waals surface area contributed by atoms with E-state index in [1.54, 1.807) is 41.5 Å². The van der Waals surface area contributed by atoms with E-state index in [9.17, 15) is 19.2 Å². The normalized spacial score (nSPS) is 18.4. The van der Waals surface area contributed by atoms with Crippen molar-refractivity contribution in [3.8, 4) is 5.75 Å². The van der Waals surface area contributed by atoms with Crippen LogP contribution in [0.2, 0.25) is 0 Å². The molecular formula is C59H71NO13. The second kappa shape index (κ2) is 26.4. The zero-order valence-electron chi connectivity index (χ0n) is 43.3. The summed E-state index contributed by atoms with van der Waals surface area (Å²) in [5, 5.41) is 2.56. The maximum atomic E-state index is 14.7. The molecule has 5 aromatic rings. The van der Waals surface area contributed by atoms with E-state index in [0.717, 1.165) is 27.8 Å². The zero-order chi connectivity index (χ0) is 52.4. The molecule has 0 spiro atoms. The van der Waals surface area contributed by atoms with E-state index < -0.39 is 83.8 Å². The first-order valence-electron chi connectivity index (χ1n) is 24.8. The summed E-state index contributed by atoms with van der Waals surface area (Å²) in [6.07, 6.45) is -7.57. The predicted molar refractivity (Wildman–Crippen MR) is 274 cm³/mol. The average molecular weight is 1000 g/mol. The Hall–Kier alpha value is -6.58. The van der Waals surface area contributed by atoms with Crippen molar-refractivity contribution in [1.82, 2.24) is 5.32 Å². The monoisotopic (exact) mass is 1000 g/mol. The minimum absolute atomic E-state index is 0.0401. The van der Waals surface area contributed by atoms with Gasteiger partial charge in [0.15, 0.2) is 6.10 Å². The number of nitrogens with one attached hydrogen (secondary N) is 1. The van der Waals surface area contributed by atoms with Crippen molar-refractivity contribution in [2.45, 2.75) is 154 Å². The zero-order valence-corrected chi connectivity index (χ0v) is 43.3. The van der Waals surface area contributed by atoms with Gasteiger partial charge in [-0.3, -0.25) is 9.59 Å². The minimum atomic E-state index is -1.57. The molecule has 390 valence electrons. The lowest BCUT2D eigenvalue weighted by atomic mass is 9.81. The van der Waals surface area contributed by atoms with E-state index in [4.69, 9.17) is 42.6 Å². The molecule has 1 heterocycles. The van der Waals surface area contributed by atoms with Crippen LogP contribution in [0.3, 0.4) is 0 Å². The van der Waals surface area contributed by atoms with E-state index in [-0.39, 0.29) is 39.3 Å². The van der Waals surface area contributed by atoms with Gasteiger partial charge in [0.1, 0.15) is 47.9 Å². The number of para-hydroxylation sites is 1. The van der Waals surface area contributed by atoms with Gasteiger partial charge in [0, 0.05) is 17.4 Å². The third kappa shape index (κ3) is 18.5. The van der Waals surface area contributed by atoms with Gasteiger partial charge in [-0.1, -0.05) is 153 Å². The Labute approximate surface area is 429 Å². The Bertz CT molecular complexity index is 2490. The van der Waals surface area contributed by atoms with Crippen LogP contribution in [0, 0.1) is 0 Å². The second-order valence-electron chi connectivity index (χ2n) is 20.6. The molecular weight excluding hydrogens is 931 g/mol. The SMILES string of the molecule is CC(C)(C)OC(=O)N[C@@H](CCC(=O)O[C@@H]1O[C@H](COCc2ccccc2)[C@@H](OCc2ccccc2)[C@H](OCc2ccccc2)[C@H]1OC(=O)CC(C)(C)c1ccccc1OCc1ccccc1)C(=O)OC(C)(C)C. The van der Waals surface area contributed by atoms with Crippen LogP contribution >= 0.6 is 0 Å². The quantitative estimate of drug-likeness (QED) is 0.0486. The summed E-state index contributed by atoms with van der Waals surface area (Å²) >= 11 is 0. The lowest BCUT2D eigenvalue weighted by Crippen LogP contribution is -2.62. The Morgan fingerprint density at radius 3 is 1.59 bits per heavy atom. The molecule has 1 amide bonds. The Morgan fingerprint density at radius 1 is 0.548 bits per heavy atom. The van der Waals surface area contributed by atoms with E-state index in [0.29, 0.717) is 12.4 Å². The molecule has 0 aliphatic carbocycles. The van der Waals surface area contributed by atoms with Gasteiger partial charge in [0.25, 0.3) is 0 Å². The maximum absolute atomic E-state index is 14.7. The Morgan fingerprint density at radius 2 is 1.04 bits per heavy atom. The lowest BCUT2D eigenvalue weighted by molar-refractivity contribution is -0.313. The first kappa shape index (κ1) is 55.7. The molecule has 73 heavy (non-hydrogen) atoms. The molecule has 1 fully saturated rings. The van der Waals surface area contributed by atoms with Crippen molar-refractivity contribution in [1.29, 1.82) is 0 Å². The number of ether oxygens (including phenoxy) is 9. The Kier molecular flexibility index (Phi) is 20.1. The number of rotatable bonds is 23. The summed E-state index contributed by atoms with van der Waals surface area (Å²) in [7, 11) is 0. The summed E-state index contributed by atoms with van der Waals surface area (Å²) in [4.78, 5) is 55.3. The highest BCUT2D eigenvalue weighted by molar-refractivity contribution is 5.82. The van der Waals surface area contributed by atoms with Crippen LogP contribution in [0.4, 0.5) is 4.79 Å². The molecule has 0 saturated carbocycles. The highest BCUT2D eigenvalue weighted by Crippen LogP contribution is 2.37. The van der Waals surface area contributed by atoms with Crippen molar-refractivity contribution in [2.75, 3.05) is 6.61 Å². The molecule has 0 unspecified atom stereocenters. The molecule has 5 aromatic carbocycles. The molecule has 0 aromatic heterocycles. The minimum Gasteiger partial charge on any atom is -0.489 e. The van der Waals surface area contributed by atoms with Crippen LogP contribution in [0.5, 0.6) is 5.75 Å². The molecule has 1 saturated heterocycles. The highest BCUT2D eigenvalue weighted by Gasteiger charge is 2.52. The lowest BCUT2D eigenvalue weighted by Gasteiger charge is -2.45. The molecule has 14 nitrogen and oxygen atoms in total. The summed E-state index contributed by atoms with van der Waals surface area (Å²) < 4.78 is 56.5. The predicted octanol–water partition coefficient (Wildman–Crippen LogP) is 10.5. The van der Waals surface area contributed by atoms with Crippen LogP contribution in [0.25, 0.3) is 0 Å². The maximum Gasteiger partial charge on any atom is 0.408 e. The van der Waals surface area contributed by atoms with Gasteiger partial charge in [-0.2, -0.15) is 0 Å². The summed E-state index contributed by atoms with van der Waals surface area (Å²) in [6, 6.07) is 44.8. The van der Waals surface area contributed by atoms with Gasteiger partial charge >= 0.3 is 24.0 Å². The molecule has 1 aliphatic rings.